The third kappa shape index (κ3) is 3.17. The average Bonchev–Trinajstić information content (AvgIpc) is 3.34. The minimum atomic E-state index is -0.242. The third-order valence-electron chi connectivity index (χ3n) is 5.18. The standard InChI is InChI=1S/C16H28N2O2/c1-2-12-3-5-13(6-4-12)18(14-7-8-14)16(19)15-11-17-9-10-20-15/h12-15,17H,2-11H2,1H3. The molecule has 20 heavy (non-hydrogen) atoms. The van der Waals surface area contributed by atoms with Gasteiger partial charge in [0, 0.05) is 25.2 Å². The van der Waals surface area contributed by atoms with Crippen molar-refractivity contribution >= 4 is 5.91 Å². The van der Waals surface area contributed by atoms with Gasteiger partial charge in [0.25, 0.3) is 5.91 Å². The zero-order chi connectivity index (χ0) is 13.9. The van der Waals surface area contributed by atoms with Crippen molar-refractivity contribution in [3.63, 3.8) is 0 Å². The molecule has 1 aliphatic heterocycles. The molecule has 3 rings (SSSR count). The van der Waals surface area contributed by atoms with E-state index in [0.717, 1.165) is 12.5 Å². The van der Waals surface area contributed by atoms with Crippen LogP contribution in [0.15, 0.2) is 0 Å². The predicted octanol–water partition coefficient (Wildman–Crippen LogP) is 1.93. The first-order valence-electron chi connectivity index (χ1n) is 8.44. The molecule has 0 aromatic carbocycles. The number of nitrogens with zero attached hydrogens (tertiary/aromatic N) is 1. The fourth-order valence-corrected chi connectivity index (χ4v) is 3.73. The number of morpholine rings is 1. The van der Waals surface area contributed by atoms with Crippen LogP contribution in [-0.4, -0.2) is 48.7 Å². The van der Waals surface area contributed by atoms with Gasteiger partial charge >= 0.3 is 0 Å². The van der Waals surface area contributed by atoms with Gasteiger partial charge < -0.3 is 15.0 Å². The van der Waals surface area contributed by atoms with Gasteiger partial charge in [-0.2, -0.15) is 0 Å². The predicted molar refractivity (Wildman–Crippen MR) is 78.5 cm³/mol. The highest BCUT2D eigenvalue weighted by atomic mass is 16.5. The molecule has 0 aromatic heterocycles. The van der Waals surface area contributed by atoms with Crippen LogP contribution in [0.3, 0.4) is 0 Å². The number of rotatable bonds is 4. The molecule has 2 saturated carbocycles. The first-order valence-corrected chi connectivity index (χ1v) is 8.44. The first-order chi connectivity index (χ1) is 9.79. The number of ether oxygens (including phenoxy) is 1. The summed E-state index contributed by atoms with van der Waals surface area (Å²) in [6, 6.07) is 0.986. The quantitative estimate of drug-likeness (QED) is 0.855. The Kier molecular flexibility index (Phi) is 4.61. The molecule has 114 valence electrons. The highest BCUT2D eigenvalue weighted by Gasteiger charge is 2.41. The largest absolute Gasteiger partial charge is 0.366 e. The van der Waals surface area contributed by atoms with E-state index < -0.39 is 0 Å². The van der Waals surface area contributed by atoms with Crippen LogP contribution in [0.4, 0.5) is 0 Å². The minimum absolute atomic E-state index is 0.242. The van der Waals surface area contributed by atoms with E-state index in [4.69, 9.17) is 4.74 Å². The van der Waals surface area contributed by atoms with E-state index in [1.807, 2.05) is 0 Å². The van der Waals surface area contributed by atoms with Crippen molar-refractivity contribution in [1.82, 2.24) is 10.2 Å². The van der Waals surface area contributed by atoms with Gasteiger partial charge in [-0.25, -0.2) is 0 Å². The summed E-state index contributed by atoms with van der Waals surface area (Å²) < 4.78 is 5.68. The highest BCUT2D eigenvalue weighted by Crippen LogP contribution is 2.36. The van der Waals surface area contributed by atoms with Gasteiger partial charge in [-0.3, -0.25) is 4.79 Å². The van der Waals surface area contributed by atoms with E-state index in [-0.39, 0.29) is 12.0 Å². The van der Waals surface area contributed by atoms with Gasteiger partial charge in [-0.05, 0) is 44.4 Å². The molecule has 0 aromatic rings. The lowest BCUT2D eigenvalue weighted by atomic mass is 9.83. The van der Waals surface area contributed by atoms with Crippen molar-refractivity contribution < 1.29 is 9.53 Å². The van der Waals surface area contributed by atoms with Crippen LogP contribution in [0.2, 0.25) is 0 Å². The summed E-state index contributed by atoms with van der Waals surface area (Å²) in [5.41, 5.74) is 0. The topological polar surface area (TPSA) is 41.6 Å². The Morgan fingerprint density at radius 1 is 1.15 bits per heavy atom. The van der Waals surface area contributed by atoms with Crippen LogP contribution in [0.5, 0.6) is 0 Å². The Balaban J connectivity index is 1.62. The van der Waals surface area contributed by atoms with E-state index in [1.54, 1.807) is 0 Å². The molecular weight excluding hydrogens is 252 g/mol. The smallest absolute Gasteiger partial charge is 0.253 e. The lowest BCUT2D eigenvalue weighted by Gasteiger charge is -2.39. The van der Waals surface area contributed by atoms with E-state index in [0.29, 0.717) is 25.2 Å². The van der Waals surface area contributed by atoms with E-state index in [1.165, 1.54) is 44.9 Å². The molecule has 1 heterocycles. The molecule has 4 nitrogen and oxygen atoms in total. The first kappa shape index (κ1) is 14.3. The maximum Gasteiger partial charge on any atom is 0.253 e. The Morgan fingerprint density at radius 3 is 2.30 bits per heavy atom. The second kappa shape index (κ2) is 6.44. The molecule has 0 spiro atoms. The number of hydrogen-bond acceptors (Lipinski definition) is 3. The maximum atomic E-state index is 12.8. The molecular formula is C16H28N2O2. The summed E-state index contributed by atoms with van der Waals surface area (Å²) >= 11 is 0. The fraction of sp³-hybridized carbons (Fsp3) is 0.938. The van der Waals surface area contributed by atoms with Crippen LogP contribution < -0.4 is 5.32 Å². The summed E-state index contributed by atoms with van der Waals surface area (Å²) in [7, 11) is 0. The summed E-state index contributed by atoms with van der Waals surface area (Å²) in [6.45, 7) is 4.51. The zero-order valence-electron chi connectivity index (χ0n) is 12.6. The van der Waals surface area contributed by atoms with Gasteiger partial charge in [0.15, 0.2) is 0 Å². The van der Waals surface area contributed by atoms with Gasteiger partial charge in [0.2, 0.25) is 0 Å². The van der Waals surface area contributed by atoms with Crippen LogP contribution in [0.25, 0.3) is 0 Å². The van der Waals surface area contributed by atoms with E-state index in [2.05, 4.69) is 17.1 Å². The fourth-order valence-electron chi connectivity index (χ4n) is 3.73. The van der Waals surface area contributed by atoms with Crippen molar-refractivity contribution in [1.29, 1.82) is 0 Å². The molecule has 3 fully saturated rings. The monoisotopic (exact) mass is 280 g/mol. The van der Waals surface area contributed by atoms with Crippen molar-refractivity contribution in [3.8, 4) is 0 Å². The molecule has 2 aliphatic carbocycles. The molecule has 0 radical (unpaired) electrons. The van der Waals surface area contributed by atoms with E-state index >= 15 is 0 Å². The van der Waals surface area contributed by atoms with Crippen LogP contribution >= 0.6 is 0 Å². The zero-order valence-corrected chi connectivity index (χ0v) is 12.6. The Hall–Kier alpha value is -0.610. The second-order valence-corrected chi connectivity index (χ2v) is 6.62. The number of carbonyl (C=O) groups is 1. The van der Waals surface area contributed by atoms with Crippen molar-refractivity contribution in [3.05, 3.63) is 0 Å². The van der Waals surface area contributed by atoms with Gasteiger partial charge in [-0.1, -0.05) is 13.3 Å². The molecule has 1 atom stereocenters. The van der Waals surface area contributed by atoms with E-state index in [9.17, 15) is 4.79 Å². The van der Waals surface area contributed by atoms with Crippen molar-refractivity contribution in [2.45, 2.75) is 70.1 Å². The Bertz CT molecular complexity index is 329. The summed E-state index contributed by atoms with van der Waals surface area (Å²) in [5, 5.41) is 3.28. The van der Waals surface area contributed by atoms with Gasteiger partial charge in [-0.15, -0.1) is 0 Å². The van der Waals surface area contributed by atoms with Crippen LogP contribution in [0.1, 0.15) is 51.9 Å². The third-order valence-corrected chi connectivity index (χ3v) is 5.18. The molecule has 1 amide bonds. The number of amides is 1. The minimum Gasteiger partial charge on any atom is -0.366 e. The number of hydrogen-bond donors (Lipinski definition) is 1. The Morgan fingerprint density at radius 2 is 1.80 bits per heavy atom. The lowest BCUT2D eigenvalue weighted by Crippen LogP contribution is -2.53. The summed E-state index contributed by atoms with van der Waals surface area (Å²) in [4.78, 5) is 15.0. The van der Waals surface area contributed by atoms with Crippen LogP contribution in [-0.2, 0) is 9.53 Å². The summed E-state index contributed by atoms with van der Waals surface area (Å²) in [5.74, 6) is 1.13. The SMILES string of the molecule is CCC1CCC(N(C(=O)C2CNCCO2)C2CC2)CC1. The average molecular weight is 280 g/mol. The molecule has 0 bridgehead atoms. The molecule has 1 unspecified atom stereocenters. The van der Waals surface area contributed by atoms with Crippen molar-refractivity contribution in [2.75, 3.05) is 19.7 Å². The molecule has 1 N–H and O–H groups in total. The Labute approximate surface area is 122 Å². The summed E-state index contributed by atoms with van der Waals surface area (Å²) in [6.07, 6.45) is 8.41. The normalized spacial score (nSPS) is 34.8. The van der Waals surface area contributed by atoms with Crippen LogP contribution in [0, 0.1) is 5.92 Å². The van der Waals surface area contributed by atoms with Gasteiger partial charge in [0.1, 0.15) is 6.10 Å². The van der Waals surface area contributed by atoms with Crippen molar-refractivity contribution in [2.24, 2.45) is 5.92 Å². The molecule has 3 aliphatic rings. The lowest BCUT2D eigenvalue weighted by molar-refractivity contribution is -0.149. The highest BCUT2D eigenvalue weighted by molar-refractivity contribution is 5.82. The number of nitrogens with one attached hydrogen (secondary N) is 1. The van der Waals surface area contributed by atoms with Gasteiger partial charge in [0.05, 0.1) is 6.61 Å². The number of carbonyl (C=O) groups excluding carboxylic acids is 1. The second-order valence-electron chi connectivity index (χ2n) is 6.62. The molecule has 4 heteroatoms. The maximum absolute atomic E-state index is 12.8. The molecule has 1 saturated heterocycles.